The number of aromatic nitrogens is 4. The molecule has 0 fully saturated rings. The van der Waals surface area contributed by atoms with Gasteiger partial charge in [-0.3, -0.25) is 9.59 Å². The summed E-state index contributed by atoms with van der Waals surface area (Å²) < 4.78 is 15.3. The van der Waals surface area contributed by atoms with Crippen LogP contribution in [-0.4, -0.2) is 60.0 Å². The minimum absolute atomic E-state index is 0. The van der Waals surface area contributed by atoms with E-state index in [0.29, 0.717) is 29.6 Å². The molecule has 8 nitrogen and oxygen atoms in total. The lowest BCUT2D eigenvalue weighted by molar-refractivity contribution is 0.0811. The Balaban J connectivity index is 0. The zero-order chi connectivity index (χ0) is 25.2. The molecule has 35 heavy (non-hydrogen) atoms. The van der Waals surface area contributed by atoms with Gasteiger partial charge in [0.2, 0.25) is 0 Å². The molecule has 0 bridgehead atoms. The van der Waals surface area contributed by atoms with Gasteiger partial charge in [-0.1, -0.05) is 46.7 Å². The van der Waals surface area contributed by atoms with Crippen molar-refractivity contribution in [2.45, 2.75) is 86.1 Å². The summed E-state index contributed by atoms with van der Waals surface area (Å²) >= 11 is 3.31. The van der Waals surface area contributed by atoms with E-state index in [1.807, 2.05) is 0 Å². The number of carbonyl (C=O) groups excluding carboxylic acids is 2. The Bertz CT molecular complexity index is 908. The van der Waals surface area contributed by atoms with Crippen molar-refractivity contribution in [1.82, 2.24) is 19.1 Å². The molecule has 2 aromatic rings. The standard InChI is InChI=1S/C11H19BrN2O2Si.C11H20N2O2Si.CH4.HI/c1-9(15)10-7-14(11(12)13-10)8-16-5-6-17(2,3)4;1-10(14)11-7-12-8-13(11)9-15-5-6-16(2,3)4;;/h7H,5-6,8H2,1-4H3;7-8H,5-6,9H2,1-4H3;1H4;1H. The lowest BCUT2D eigenvalue weighted by Gasteiger charge is -2.15. The normalized spacial score (nSPS) is 11.1. The van der Waals surface area contributed by atoms with Gasteiger partial charge in [-0.15, -0.1) is 24.0 Å². The molecule has 202 valence electrons. The van der Waals surface area contributed by atoms with Crippen LogP contribution in [0.15, 0.2) is 23.5 Å². The van der Waals surface area contributed by atoms with Gasteiger partial charge in [0.25, 0.3) is 0 Å². The molecule has 0 aliphatic heterocycles. The highest BCUT2D eigenvalue weighted by Gasteiger charge is 2.14. The highest BCUT2D eigenvalue weighted by atomic mass is 127. The summed E-state index contributed by atoms with van der Waals surface area (Å²) in [5.74, 6) is -0.0159. The number of hydrogen-bond acceptors (Lipinski definition) is 6. The Labute approximate surface area is 238 Å². The monoisotopic (exact) mass is 702 g/mol. The summed E-state index contributed by atoms with van der Waals surface area (Å²) in [4.78, 5) is 30.4. The summed E-state index contributed by atoms with van der Waals surface area (Å²) in [6, 6.07) is 2.27. The van der Waals surface area contributed by atoms with E-state index in [1.54, 1.807) is 27.9 Å². The third-order valence-corrected chi connectivity index (χ3v) is 8.66. The number of halogens is 2. The fourth-order valence-electron chi connectivity index (χ4n) is 2.45. The summed E-state index contributed by atoms with van der Waals surface area (Å²) in [6.45, 7) is 19.3. The van der Waals surface area contributed by atoms with E-state index in [9.17, 15) is 9.59 Å². The molecule has 2 aromatic heterocycles. The molecular formula is C23H44BrIN4O4Si2. The first-order chi connectivity index (χ1) is 15.2. The summed E-state index contributed by atoms with van der Waals surface area (Å²) in [7, 11) is -2.07. The second-order valence-electron chi connectivity index (χ2n) is 10.4. The molecule has 0 atom stereocenters. The van der Waals surface area contributed by atoms with Crippen LogP contribution >= 0.6 is 39.9 Å². The van der Waals surface area contributed by atoms with E-state index in [2.05, 4.69) is 65.2 Å². The van der Waals surface area contributed by atoms with Crippen LogP contribution in [0.3, 0.4) is 0 Å². The maximum Gasteiger partial charge on any atom is 0.179 e. The van der Waals surface area contributed by atoms with Gasteiger partial charge in [-0.2, -0.15) is 0 Å². The maximum atomic E-state index is 11.2. The number of nitrogens with zero attached hydrogens (tertiary/aromatic N) is 4. The van der Waals surface area contributed by atoms with E-state index in [0.717, 1.165) is 25.3 Å². The zero-order valence-corrected chi connectivity index (χ0v) is 27.6. The Kier molecular flexibility index (Phi) is 17.7. The number of carbonyl (C=O) groups is 2. The SMILES string of the molecule is C.CC(=O)c1cn(COCC[Si](C)(C)C)c(Br)n1.CC(=O)c1cncn1COCC[Si](C)(C)C.I. The molecule has 0 spiro atoms. The Morgan fingerprint density at radius 2 is 1.40 bits per heavy atom. The van der Waals surface area contributed by atoms with Gasteiger partial charge in [-0.25, -0.2) is 9.97 Å². The van der Waals surface area contributed by atoms with Crippen molar-refractivity contribution in [2.24, 2.45) is 0 Å². The van der Waals surface area contributed by atoms with Crippen LogP contribution in [-0.2, 0) is 22.9 Å². The fourth-order valence-corrected chi connectivity index (χ4v) is 4.36. The van der Waals surface area contributed by atoms with E-state index >= 15 is 0 Å². The number of rotatable bonds is 12. The average molecular weight is 704 g/mol. The maximum absolute atomic E-state index is 11.2. The van der Waals surface area contributed by atoms with Crippen LogP contribution in [0.2, 0.25) is 51.4 Å². The van der Waals surface area contributed by atoms with E-state index in [4.69, 9.17) is 9.47 Å². The van der Waals surface area contributed by atoms with Gasteiger partial charge in [0.05, 0.1) is 12.5 Å². The molecule has 0 aliphatic carbocycles. The number of ether oxygens (including phenoxy) is 2. The molecule has 0 amide bonds. The zero-order valence-electron chi connectivity index (χ0n) is 21.7. The molecule has 2 rings (SSSR count). The first-order valence-electron chi connectivity index (χ1n) is 11.1. The van der Waals surface area contributed by atoms with Crippen LogP contribution in [0.25, 0.3) is 0 Å². The number of imidazole rings is 2. The first kappa shape index (κ1) is 36.5. The van der Waals surface area contributed by atoms with Gasteiger partial charge in [0.1, 0.15) is 24.8 Å². The van der Waals surface area contributed by atoms with Gasteiger partial charge in [-0.05, 0) is 28.0 Å². The number of ketones is 2. The highest BCUT2D eigenvalue weighted by Crippen LogP contribution is 2.13. The van der Waals surface area contributed by atoms with Gasteiger partial charge < -0.3 is 18.6 Å². The Hall–Kier alpha value is -0.676. The topological polar surface area (TPSA) is 88.2 Å². The molecule has 0 N–H and O–H groups in total. The Morgan fingerprint density at radius 3 is 1.80 bits per heavy atom. The van der Waals surface area contributed by atoms with Crippen molar-refractivity contribution in [3.63, 3.8) is 0 Å². The summed E-state index contributed by atoms with van der Waals surface area (Å²) in [5, 5.41) is 0. The molecule has 0 aliphatic rings. The summed E-state index contributed by atoms with van der Waals surface area (Å²) in [5.41, 5.74) is 1.07. The molecule has 0 radical (unpaired) electrons. The lowest BCUT2D eigenvalue weighted by Crippen LogP contribution is -2.22. The lowest BCUT2D eigenvalue weighted by atomic mass is 10.3. The van der Waals surface area contributed by atoms with Crippen molar-refractivity contribution < 1.29 is 19.1 Å². The quantitative estimate of drug-likeness (QED) is 0.105. The molecule has 0 saturated heterocycles. The smallest absolute Gasteiger partial charge is 0.179 e. The summed E-state index contributed by atoms with van der Waals surface area (Å²) in [6.07, 6.45) is 4.91. The van der Waals surface area contributed by atoms with Crippen molar-refractivity contribution in [3.05, 3.63) is 34.8 Å². The van der Waals surface area contributed by atoms with E-state index in [1.165, 1.54) is 13.8 Å². The molecular weight excluding hydrogens is 659 g/mol. The predicted molar refractivity (Wildman–Crippen MR) is 163 cm³/mol. The van der Waals surface area contributed by atoms with Crippen LogP contribution in [0, 0.1) is 0 Å². The molecule has 2 heterocycles. The van der Waals surface area contributed by atoms with Crippen LogP contribution in [0.4, 0.5) is 0 Å². The third-order valence-electron chi connectivity index (χ3n) is 4.62. The van der Waals surface area contributed by atoms with Gasteiger partial charge >= 0.3 is 0 Å². The van der Waals surface area contributed by atoms with Crippen molar-refractivity contribution >= 4 is 67.6 Å². The second kappa shape index (κ2) is 16.9. The fraction of sp³-hybridized carbons (Fsp3) is 0.652. The van der Waals surface area contributed by atoms with Gasteiger partial charge in [0, 0.05) is 49.4 Å². The van der Waals surface area contributed by atoms with Crippen LogP contribution in [0.1, 0.15) is 42.3 Å². The van der Waals surface area contributed by atoms with Gasteiger partial charge in [0.15, 0.2) is 16.3 Å². The van der Waals surface area contributed by atoms with E-state index < -0.39 is 16.1 Å². The van der Waals surface area contributed by atoms with Crippen LogP contribution < -0.4 is 0 Å². The second-order valence-corrected chi connectivity index (χ2v) is 22.4. The minimum Gasteiger partial charge on any atom is -0.361 e. The largest absolute Gasteiger partial charge is 0.361 e. The highest BCUT2D eigenvalue weighted by molar-refractivity contribution is 14.0. The average Bonchev–Trinajstić information content (AvgIpc) is 3.28. The van der Waals surface area contributed by atoms with Crippen molar-refractivity contribution in [2.75, 3.05) is 13.2 Å². The van der Waals surface area contributed by atoms with Crippen molar-refractivity contribution in [3.8, 4) is 0 Å². The first-order valence-corrected chi connectivity index (χ1v) is 19.3. The Morgan fingerprint density at radius 1 is 0.914 bits per heavy atom. The third kappa shape index (κ3) is 15.9. The predicted octanol–water partition coefficient (Wildman–Crippen LogP) is 6.81. The van der Waals surface area contributed by atoms with Crippen molar-refractivity contribution in [1.29, 1.82) is 0 Å². The number of hydrogen-bond donors (Lipinski definition) is 0. The molecule has 12 heteroatoms. The van der Waals surface area contributed by atoms with Crippen LogP contribution in [0.5, 0.6) is 0 Å². The van der Waals surface area contributed by atoms with E-state index in [-0.39, 0.29) is 43.0 Å². The molecule has 0 aromatic carbocycles. The minimum atomic E-state index is -1.04. The number of Topliss-reactive ketones (excluding diaryl/α,β-unsaturated/α-hetero) is 2. The molecule has 0 saturated carbocycles. The molecule has 0 unspecified atom stereocenters.